The van der Waals surface area contributed by atoms with Crippen molar-refractivity contribution in [1.82, 2.24) is 20.0 Å². The lowest BCUT2D eigenvalue weighted by Crippen LogP contribution is -2.48. The third kappa shape index (κ3) is 3.00. The van der Waals surface area contributed by atoms with Gasteiger partial charge in [-0.1, -0.05) is 6.92 Å². The van der Waals surface area contributed by atoms with Crippen LogP contribution in [-0.4, -0.2) is 39.4 Å². The summed E-state index contributed by atoms with van der Waals surface area (Å²) in [5.74, 6) is 0. The molecule has 2 fully saturated rings. The van der Waals surface area contributed by atoms with Crippen LogP contribution in [-0.2, 0) is 13.6 Å². The minimum atomic E-state index is 0.751. The van der Waals surface area contributed by atoms with Crippen LogP contribution in [0.4, 0.5) is 0 Å². The fourth-order valence-electron chi connectivity index (χ4n) is 3.76. The molecule has 2 atom stereocenters. The first-order valence-corrected chi connectivity index (χ1v) is 7.73. The molecule has 2 aliphatic heterocycles. The Hall–Kier alpha value is -0.870. The fourth-order valence-corrected chi connectivity index (χ4v) is 3.76. The normalized spacial score (nSPS) is 30.2. The van der Waals surface area contributed by atoms with Crippen LogP contribution in [0.15, 0.2) is 12.3 Å². The number of aryl methyl sites for hydroxylation is 1. The second-order valence-electron chi connectivity index (χ2n) is 6.21. The van der Waals surface area contributed by atoms with Crippen molar-refractivity contribution in [2.75, 3.05) is 6.54 Å². The van der Waals surface area contributed by atoms with Crippen LogP contribution >= 0.6 is 0 Å². The maximum atomic E-state index is 4.54. The lowest BCUT2D eigenvalue weighted by atomic mass is 9.97. The Balaban J connectivity index is 1.66. The van der Waals surface area contributed by atoms with Crippen LogP contribution < -0.4 is 5.32 Å². The molecular weight excluding hydrogens is 236 g/mol. The first-order chi connectivity index (χ1) is 9.24. The predicted octanol–water partition coefficient (Wildman–Crippen LogP) is 1.92. The molecule has 106 valence electrons. The van der Waals surface area contributed by atoms with Crippen LogP contribution in [0.1, 0.15) is 44.7 Å². The molecule has 0 saturated carbocycles. The van der Waals surface area contributed by atoms with Gasteiger partial charge in [0.25, 0.3) is 0 Å². The van der Waals surface area contributed by atoms with E-state index in [2.05, 4.69) is 28.3 Å². The van der Waals surface area contributed by atoms with Crippen molar-refractivity contribution in [3.63, 3.8) is 0 Å². The number of hydrogen-bond acceptors (Lipinski definition) is 3. The van der Waals surface area contributed by atoms with E-state index in [1.54, 1.807) is 0 Å². The molecule has 0 amide bonds. The van der Waals surface area contributed by atoms with E-state index in [0.29, 0.717) is 0 Å². The number of hydrogen-bond donors (Lipinski definition) is 1. The monoisotopic (exact) mass is 262 g/mol. The van der Waals surface area contributed by atoms with Crippen LogP contribution in [0.5, 0.6) is 0 Å². The van der Waals surface area contributed by atoms with Gasteiger partial charge in [-0.2, -0.15) is 5.10 Å². The summed E-state index contributed by atoms with van der Waals surface area (Å²) < 4.78 is 1.91. The topological polar surface area (TPSA) is 33.1 Å². The summed E-state index contributed by atoms with van der Waals surface area (Å²) in [5, 5.41) is 8.28. The van der Waals surface area contributed by atoms with Gasteiger partial charge in [-0.3, -0.25) is 9.58 Å². The van der Waals surface area contributed by atoms with E-state index in [0.717, 1.165) is 24.7 Å². The average Bonchev–Trinajstić information content (AvgIpc) is 2.95. The minimum Gasteiger partial charge on any atom is -0.311 e. The molecule has 1 aromatic rings. The average molecular weight is 262 g/mol. The van der Waals surface area contributed by atoms with Gasteiger partial charge in [0.1, 0.15) is 0 Å². The lowest BCUT2D eigenvalue weighted by molar-refractivity contribution is 0.132. The Labute approximate surface area is 116 Å². The predicted molar refractivity (Wildman–Crippen MR) is 76.9 cm³/mol. The van der Waals surface area contributed by atoms with E-state index in [1.165, 1.54) is 44.3 Å². The van der Waals surface area contributed by atoms with E-state index in [4.69, 9.17) is 0 Å². The summed E-state index contributed by atoms with van der Waals surface area (Å²) in [6.07, 6.45) is 8.68. The standard InChI is InChI=1S/C15H26N4/c1-3-7-19(11-14-6-8-18(2)17-14)15-9-12-4-5-13(10-15)16-12/h6,8,12-13,15-16H,3-5,7,9-11H2,1-2H3. The summed E-state index contributed by atoms with van der Waals surface area (Å²) in [6.45, 7) is 4.49. The maximum absolute atomic E-state index is 4.54. The number of nitrogens with one attached hydrogen (secondary N) is 1. The zero-order valence-electron chi connectivity index (χ0n) is 12.2. The molecule has 1 aromatic heterocycles. The zero-order valence-corrected chi connectivity index (χ0v) is 12.2. The molecule has 2 unspecified atom stereocenters. The molecule has 0 aromatic carbocycles. The summed E-state index contributed by atoms with van der Waals surface area (Å²) in [7, 11) is 2.00. The Bertz CT molecular complexity index is 402. The first-order valence-electron chi connectivity index (χ1n) is 7.73. The van der Waals surface area contributed by atoms with Crippen LogP contribution in [0, 0.1) is 0 Å². The molecular formula is C15H26N4. The number of nitrogens with zero attached hydrogens (tertiary/aromatic N) is 3. The molecule has 1 N–H and O–H groups in total. The summed E-state index contributed by atoms with van der Waals surface area (Å²) in [6, 6.07) is 4.44. The third-order valence-electron chi connectivity index (χ3n) is 4.61. The molecule has 2 bridgehead atoms. The van der Waals surface area contributed by atoms with Gasteiger partial charge >= 0.3 is 0 Å². The minimum absolute atomic E-state index is 0.751. The number of aromatic nitrogens is 2. The van der Waals surface area contributed by atoms with Crippen molar-refractivity contribution in [1.29, 1.82) is 0 Å². The molecule has 4 nitrogen and oxygen atoms in total. The highest BCUT2D eigenvalue weighted by Gasteiger charge is 2.35. The molecule has 3 heterocycles. The molecule has 3 rings (SSSR count). The van der Waals surface area contributed by atoms with Gasteiger partial charge in [0, 0.05) is 37.9 Å². The Morgan fingerprint density at radius 1 is 1.37 bits per heavy atom. The van der Waals surface area contributed by atoms with Crippen molar-refractivity contribution >= 4 is 0 Å². The van der Waals surface area contributed by atoms with E-state index < -0.39 is 0 Å². The van der Waals surface area contributed by atoms with Gasteiger partial charge in [-0.15, -0.1) is 0 Å². The lowest BCUT2D eigenvalue weighted by Gasteiger charge is -2.37. The highest BCUT2D eigenvalue weighted by Crippen LogP contribution is 2.30. The summed E-state index contributed by atoms with van der Waals surface area (Å²) in [4.78, 5) is 2.66. The Kier molecular flexibility index (Phi) is 3.89. The summed E-state index contributed by atoms with van der Waals surface area (Å²) in [5.41, 5.74) is 1.21. The van der Waals surface area contributed by atoms with Crippen molar-refractivity contribution in [2.45, 2.75) is 63.7 Å². The van der Waals surface area contributed by atoms with Crippen LogP contribution in [0.2, 0.25) is 0 Å². The Morgan fingerprint density at radius 3 is 2.68 bits per heavy atom. The first kappa shape index (κ1) is 13.1. The molecule has 2 aliphatic rings. The SMILES string of the molecule is CCCN(Cc1ccn(C)n1)C1CC2CCC(C1)N2. The smallest absolute Gasteiger partial charge is 0.0764 e. The number of fused-ring (bicyclic) bond motifs is 2. The second kappa shape index (κ2) is 5.63. The second-order valence-corrected chi connectivity index (χ2v) is 6.21. The van der Waals surface area contributed by atoms with Gasteiger partial charge in [0.2, 0.25) is 0 Å². The van der Waals surface area contributed by atoms with Gasteiger partial charge in [-0.05, 0) is 44.7 Å². The van der Waals surface area contributed by atoms with Crippen molar-refractivity contribution in [3.05, 3.63) is 18.0 Å². The van der Waals surface area contributed by atoms with E-state index >= 15 is 0 Å². The maximum Gasteiger partial charge on any atom is 0.0764 e. The molecule has 4 heteroatoms. The molecule has 0 aliphatic carbocycles. The fraction of sp³-hybridized carbons (Fsp3) is 0.800. The van der Waals surface area contributed by atoms with E-state index in [1.807, 2.05) is 17.9 Å². The van der Waals surface area contributed by atoms with Crippen molar-refractivity contribution < 1.29 is 0 Å². The molecule has 0 spiro atoms. The van der Waals surface area contributed by atoms with E-state index in [9.17, 15) is 0 Å². The van der Waals surface area contributed by atoms with Gasteiger partial charge in [-0.25, -0.2) is 0 Å². The van der Waals surface area contributed by atoms with Crippen LogP contribution in [0.25, 0.3) is 0 Å². The number of rotatable bonds is 5. The van der Waals surface area contributed by atoms with Gasteiger partial charge < -0.3 is 5.32 Å². The molecule has 2 saturated heterocycles. The van der Waals surface area contributed by atoms with Gasteiger partial charge in [0.05, 0.1) is 5.69 Å². The molecule has 19 heavy (non-hydrogen) atoms. The van der Waals surface area contributed by atoms with Crippen molar-refractivity contribution in [2.24, 2.45) is 7.05 Å². The van der Waals surface area contributed by atoms with Crippen molar-refractivity contribution in [3.8, 4) is 0 Å². The zero-order chi connectivity index (χ0) is 13.2. The molecule has 0 radical (unpaired) electrons. The van der Waals surface area contributed by atoms with E-state index in [-0.39, 0.29) is 0 Å². The highest BCUT2D eigenvalue weighted by atomic mass is 15.3. The Morgan fingerprint density at radius 2 is 2.11 bits per heavy atom. The largest absolute Gasteiger partial charge is 0.311 e. The van der Waals surface area contributed by atoms with Crippen LogP contribution in [0.3, 0.4) is 0 Å². The highest BCUT2D eigenvalue weighted by molar-refractivity contribution is 5.01. The third-order valence-corrected chi connectivity index (χ3v) is 4.61. The van der Waals surface area contributed by atoms with Gasteiger partial charge in [0.15, 0.2) is 0 Å². The quantitative estimate of drug-likeness (QED) is 0.880. The number of piperidine rings is 1. The summed E-state index contributed by atoms with van der Waals surface area (Å²) >= 11 is 0.